The largest absolute Gasteiger partial charge is 0.491 e. The van der Waals surface area contributed by atoms with E-state index in [1.807, 2.05) is 19.1 Å². The molecule has 0 bridgehead atoms. The van der Waals surface area contributed by atoms with Gasteiger partial charge in [0.1, 0.15) is 5.75 Å². The van der Waals surface area contributed by atoms with Crippen LogP contribution in [0.25, 0.3) is 0 Å². The molecule has 1 aromatic rings. The van der Waals surface area contributed by atoms with Crippen LogP contribution in [0, 0.1) is 11.3 Å². The van der Waals surface area contributed by atoms with E-state index in [0.717, 1.165) is 12.2 Å². The normalized spacial score (nSPS) is 11.8. The van der Waals surface area contributed by atoms with Gasteiger partial charge in [-0.05, 0) is 37.6 Å². The number of nitrogens with zero attached hydrogens (tertiary/aromatic N) is 1. The van der Waals surface area contributed by atoms with Crippen LogP contribution in [-0.4, -0.2) is 6.10 Å². The Labute approximate surface area is 78.8 Å². The minimum atomic E-state index is 0.230. The molecular formula is C11H13NO. The minimum absolute atomic E-state index is 0.230. The minimum Gasteiger partial charge on any atom is -0.491 e. The van der Waals surface area contributed by atoms with E-state index in [0.29, 0.717) is 5.56 Å². The summed E-state index contributed by atoms with van der Waals surface area (Å²) in [5.74, 6) is 0.827. The zero-order valence-electron chi connectivity index (χ0n) is 7.95. The SMILES string of the molecule is CC[C@@H](C)Oc1ccc(C#N)cc1. The lowest BCUT2D eigenvalue weighted by atomic mass is 10.2. The summed E-state index contributed by atoms with van der Waals surface area (Å²) in [6.45, 7) is 4.10. The van der Waals surface area contributed by atoms with Crippen molar-refractivity contribution in [3.05, 3.63) is 29.8 Å². The molecule has 0 aliphatic carbocycles. The third kappa shape index (κ3) is 2.79. The molecule has 0 radical (unpaired) electrons. The molecule has 0 aliphatic rings. The Morgan fingerprint density at radius 3 is 2.46 bits per heavy atom. The van der Waals surface area contributed by atoms with Crippen molar-refractivity contribution in [1.29, 1.82) is 5.26 Å². The fraction of sp³-hybridized carbons (Fsp3) is 0.364. The Bertz CT molecular complexity index is 297. The second-order valence-corrected chi connectivity index (χ2v) is 2.97. The molecule has 0 aliphatic heterocycles. The predicted octanol–water partition coefficient (Wildman–Crippen LogP) is 2.74. The van der Waals surface area contributed by atoms with Gasteiger partial charge in [-0.3, -0.25) is 0 Å². The van der Waals surface area contributed by atoms with E-state index in [1.165, 1.54) is 0 Å². The Balaban J connectivity index is 2.65. The molecule has 0 fully saturated rings. The number of ether oxygens (including phenoxy) is 1. The summed E-state index contributed by atoms with van der Waals surface area (Å²) in [6, 6.07) is 9.24. The monoisotopic (exact) mass is 175 g/mol. The van der Waals surface area contributed by atoms with Gasteiger partial charge in [0.15, 0.2) is 0 Å². The summed E-state index contributed by atoms with van der Waals surface area (Å²) in [5.41, 5.74) is 0.663. The van der Waals surface area contributed by atoms with Gasteiger partial charge in [0.05, 0.1) is 17.7 Å². The molecule has 0 aromatic heterocycles. The number of hydrogen-bond donors (Lipinski definition) is 0. The van der Waals surface area contributed by atoms with Crippen molar-refractivity contribution in [3.8, 4) is 11.8 Å². The summed E-state index contributed by atoms with van der Waals surface area (Å²) in [4.78, 5) is 0. The fourth-order valence-electron chi connectivity index (χ4n) is 0.924. The van der Waals surface area contributed by atoms with Gasteiger partial charge in [0.25, 0.3) is 0 Å². The van der Waals surface area contributed by atoms with Crippen LogP contribution in [-0.2, 0) is 0 Å². The van der Waals surface area contributed by atoms with Crippen molar-refractivity contribution in [3.63, 3.8) is 0 Å². The molecule has 0 N–H and O–H groups in total. The average molecular weight is 175 g/mol. The third-order valence-electron chi connectivity index (χ3n) is 1.90. The van der Waals surface area contributed by atoms with Crippen LogP contribution >= 0.6 is 0 Å². The summed E-state index contributed by atoms with van der Waals surface area (Å²) in [7, 11) is 0. The molecule has 0 heterocycles. The molecular weight excluding hydrogens is 162 g/mol. The number of benzene rings is 1. The molecule has 0 amide bonds. The molecule has 2 heteroatoms. The van der Waals surface area contributed by atoms with Gasteiger partial charge in [0, 0.05) is 0 Å². The molecule has 13 heavy (non-hydrogen) atoms. The standard InChI is InChI=1S/C11H13NO/c1-3-9(2)13-11-6-4-10(8-12)5-7-11/h4-7,9H,3H2,1-2H3/t9-/m1/s1. The lowest BCUT2D eigenvalue weighted by Gasteiger charge is -2.11. The van der Waals surface area contributed by atoms with Crippen LogP contribution < -0.4 is 4.74 Å². The predicted molar refractivity (Wildman–Crippen MR) is 51.5 cm³/mol. The van der Waals surface area contributed by atoms with Crippen LogP contribution in [0.3, 0.4) is 0 Å². The summed E-state index contributed by atoms with van der Waals surface area (Å²) in [6.07, 6.45) is 1.22. The summed E-state index contributed by atoms with van der Waals surface area (Å²) < 4.78 is 5.55. The Morgan fingerprint density at radius 1 is 1.38 bits per heavy atom. The van der Waals surface area contributed by atoms with E-state index in [4.69, 9.17) is 10.00 Å². The van der Waals surface area contributed by atoms with Crippen LogP contribution in [0.2, 0.25) is 0 Å². The van der Waals surface area contributed by atoms with Crippen LogP contribution in [0.4, 0.5) is 0 Å². The maximum atomic E-state index is 8.57. The second kappa shape index (κ2) is 4.51. The maximum absolute atomic E-state index is 8.57. The van der Waals surface area contributed by atoms with Crippen LogP contribution in [0.5, 0.6) is 5.75 Å². The zero-order valence-corrected chi connectivity index (χ0v) is 7.95. The van der Waals surface area contributed by atoms with Gasteiger partial charge in [0.2, 0.25) is 0 Å². The highest BCUT2D eigenvalue weighted by Crippen LogP contribution is 2.14. The molecule has 0 spiro atoms. The lowest BCUT2D eigenvalue weighted by Crippen LogP contribution is -2.09. The first-order valence-electron chi connectivity index (χ1n) is 4.43. The molecule has 1 rings (SSSR count). The maximum Gasteiger partial charge on any atom is 0.119 e. The van der Waals surface area contributed by atoms with E-state index in [2.05, 4.69) is 13.0 Å². The molecule has 0 saturated carbocycles. The van der Waals surface area contributed by atoms with Crippen molar-refractivity contribution in [2.24, 2.45) is 0 Å². The van der Waals surface area contributed by atoms with E-state index < -0.39 is 0 Å². The molecule has 2 nitrogen and oxygen atoms in total. The highest BCUT2D eigenvalue weighted by Gasteiger charge is 1.99. The fourth-order valence-corrected chi connectivity index (χ4v) is 0.924. The zero-order chi connectivity index (χ0) is 9.68. The number of rotatable bonds is 3. The first-order valence-corrected chi connectivity index (χ1v) is 4.43. The lowest BCUT2D eigenvalue weighted by molar-refractivity contribution is 0.217. The van der Waals surface area contributed by atoms with E-state index >= 15 is 0 Å². The van der Waals surface area contributed by atoms with Crippen LogP contribution in [0.1, 0.15) is 25.8 Å². The first-order chi connectivity index (χ1) is 6.26. The summed E-state index contributed by atoms with van der Waals surface area (Å²) >= 11 is 0. The Hall–Kier alpha value is -1.49. The van der Waals surface area contributed by atoms with Gasteiger partial charge < -0.3 is 4.74 Å². The van der Waals surface area contributed by atoms with E-state index in [-0.39, 0.29) is 6.10 Å². The van der Waals surface area contributed by atoms with Gasteiger partial charge in [-0.1, -0.05) is 6.92 Å². The molecule has 1 aromatic carbocycles. The Kier molecular flexibility index (Phi) is 3.33. The quantitative estimate of drug-likeness (QED) is 0.707. The third-order valence-corrected chi connectivity index (χ3v) is 1.90. The molecule has 0 unspecified atom stereocenters. The highest BCUT2D eigenvalue weighted by atomic mass is 16.5. The van der Waals surface area contributed by atoms with E-state index in [9.17, 15) is 0 Å². The average Bonchev–Trinajstić information content (AvgIpc) is 2.19. The van der Waals surface area contributed by atoms with Gasteiger partial charge in [-0.2, -0.15) is 5.26 Å². The van der Waals surface area contributed by atoms with Crippen molar-refractivity contribution >= 4 is 0 Å². The van der Waals surface area contributed by atoms with Crippen molar-refractivity contribution in [2.45, 2.75) is 26.4 Å². The van der Waals surface area contributed by atoms with Crippen LogP contribution in [0.15, 0.2) is 24.3 Å². The topological polar surface area (TPSA) is 33.0 Å². The molecule has 0 saturated heterocycles. The van der Waals surface area contributed by atoms with Crippen molar-refractivity contribution < 1.29 is 4.74 Å². The van der Waals surface area contributed by atoms with E-state index in [1.54, 1.807) is 12.1 Å². The van der Waals surface area contributed by atoms with Crippen molar-refractivity contribution in [2.75, 3.05) is 0 Å². The van der Waals surface area contributed by atoms with Gasteiger partial charge >= 0.3 is 0 Å². The van der Waals surface area contributed by atoms with Crippen molar-refractivity contribution in [1.82, 2.24) is 0 Å². The second-order valence-electron chi connectivity index (χ2n) is 2.97. The first kappa shape index (κ1) is 9.60. The van der Waals surface area contributed by atoms with Gasteiger partial charge in [-0.25, -0.2) is 0 Å². The number of nitriles is 1. The smallest absolute Gasteiger partial charge is 0.119 e. The Morgan fingerprint density at radius 2 is 2.00 bits per heavy atom. The number of hydrogen-bond acceptors (Lipinski definition) is 2. The summed E-state index contributed by atoms with van der Waals surface area (Å²) in [5, 5.41) is 8.57. The highest BCUT2D eigenvalue weighted by molar-refractivity contribution is 5.34. The molecule has 1 atom stereocenters. The molecule has 68 valence electrons. The van der Waals surface area contributed by atoms with Gasteiger partial charge in [-0.15, -0.1) is 0 Å².